The molecule has 1 heteroatoms. The fraction of sp³-hybridized carbons (Fsp3) is 0.467. The molecule has 1 aliphatic carbocycles. The van der Waals surface area contributed by atoms with Crippen LogP contribution in [0.15, 0.2) is 47.1 Å². The lowest BCUT2D eigenvalue weighted by Crippen LogP contribution is -2.10. The van der Waals surface area contributed by atoms with Gasteiger partial charge in [0, 0.05) is 6.54 Å². The Morgan fingerprint density at radius 1 is 1.50 bits per heavy atom. The van der Waals surface area contributed by atoms with Gasteiger partial charge in [-0.25, -0.2) is 0 Å². The van der Waals surface area contributed by atoms with Crippen LogP contribution in [0.2, 0.25) is 0 Å². The molecule has 0 aromatic carbocycles. The lowest BCUT2D eigenvalue weighted by Gasteiger charge is -2.18. The molecule has 2 N–H and O–H groups in total. The molecule has 0 atom stereocenters. The van der Waals surface area contributed by atoms with Crippen LogP contribution in [-0.4, -0.2) is 6.54 Å². The molecule has 1 rings (SSSR count). The van der Waals surface area contributed by atoms with E-state index in [-0.39, 0.29) is 0 Å². The van der Waals surface area contributed by atoms with Gasteiger partial charge in [0.2, 0.25) is 0 Å². The molecule has 0 aliphatic heterocycles. The molecule has 16 heavy (non-hydrogen) atoms. The van der Waals surface area contributed by atoms with Crippen LogP contribution < -0.4 is 5.73 Å². The van der Waals surface area contributed by atoms with Crippen molar-refractivity contribution in [1.82, 2.24) is 0 Å². The zero-order valence-electron chi connectivity index (χ0n) is 10.6. The van der Waals surface area contributed by atoms with Crippen LogP contribution in [0.3, 0.4) is 0 Å². The number of hydrogen-bond donors (Lipinski definition) is 1. The molecule has 1 nitrogen and oxygen atoms in total. The molecule has 0 aromatic heterocycles. The number of allylic oxidation sites excluding steroid dienone is 5. The van der Waals surface area contributed by atoms with Crippen LogP contribution in [0.4, 0.5) is 0 Å². The first kappa shape index (κ1) is 13.0. The smallest absolute Gasteiger partial charge is 0.0183 e. The van der Waals surface area contributed by atoms with Crippen LogP contribution >= 0.6 is 0 Å². The summed E-state index contributed by atoms with van der Waals surface area (Å²) in [7, 11) is 0. The third kappa shape index (κ3) is 3.21. The topological polar surface area (TPSA) is 26.0 Å². The highest BCUT2D eigenvalue weighted by atomic mass is 14.5. The Kier molecular flexibility index (Phi) is 5.27. The van der Waals surface area contributed by atoms with E-state index in [1.54, 1.807) is 0 Å². The highest BCUT2D eigenvalue weighted by molar-refractivity contribution is 5.47. The minimum Gasteiger partial charge on any atom is -0.326 e. The van der Waals surface area contributed by atoms with Crippen LogP contribution in [0.1, 0.15) is 39.5 Å². The summed E-state index contributed by atoms with van der Waals surface area (Å²) in [5.41, 5.74) is 10.9. The molecule has 0 amide bonds. The van der Waals surface area contributed by atoms with Gasteiger partial charge in [-0.2, -0.15) is 0 Å². The van der Waals surface area contributed by atoms with Gasteiger partial charge in [0.15, 0.2) is 0 Å². The maximum atomic E-state index is 5.87. The molecule has 0 saturated heterocycles. The van der Waals surface area contributed by atoms with Gasteiger partial charge in [0.25, 0.3) is 0 Å². The Balaban J connectivity index is 2.98. The molecule has 88 valence electrons. The van der Waals surface area contributed by atoms with Crippen molar-refractivity contribution in [1.29, 1.82) is 0 Å². The van der Waals surface area contributed by atoms with Gasteiger partial charge in [0.05, 0.1) is 0 Å². The van der Waals surface area contributed by atoms with Crippen molar-refractivity contribution in [3.8, 4) is 0 Å². The van der Waals surface area contributed by atoms with Gasteiger partial charge in [-0.1, -0.05) is 24.8 Å². The molecule has 0 fully saturated rings. The van der Waals surface area contributed by atoms with Crippen molar-refractivity contribution in [3.05, 3.63) is 47.1 Å². The van der Waals surface area contributed by atoms with Crippen molar-refractivity contribution in [2.75, 3.05) is 6.54 Å². The Hall–Kier alpha value is -1.08. The second-order valence-electron chi connectivity index (χ2n) is 4.31. The highest BCUT2D eigenvalue weighted by Crippen LogP contribution is 2.27. The molecule has 0 unspecified atom stereocenters. The largest absolute Gasteiger partial charge is 0.326 e. The zero-order valence-corrected chi connectivity index (χ0v) is 10.6. The summed E-state index contributed by atoms with van der Waals surface area (Å²) >= 11 is 0. The molecule has 0 heterocycles. The summed E-state index contributed by atoms with van der Waals surface area (Å²) in [6, 6.07) is 0. The molecule has 0 bridgehead atoms. The van der Waals surface area contributed by atoms with Gasteiger partial charge in [-0.15, -0.1) is 0 Å². The average molecular weight is 217 g/mol. The average Bonchev–Trinajstić information content (AvgIpc) is 2.31. The van der Waals surface area contributed by atoms with Gasteiger partial charge in [-0.05, 0) is 61.8 Å². The van der Waals surface area contributed by atoms with E-state index in [2.05, 4.69) is 19.6 Å². The second-order valence-corrected chi connectivity index (χ2v) is 4.31. The molecule has 0 aromatic rings. The van der Waals surface area contributed by atoms with Crippen molar-refractivity contribution in [2.24, 2.45) is 5.73 Å². The molecular formula is C15H23N. The minimum absolute atomic E-state index is 0.619. The predicted octanol–water partition coefficient (Wildman–Crippen LogP) is 3.89. The van der Waals surface area contributed by atoms with E-state index in [0.29, 0.717) is 6.54 Å². The fourth-order valence-corrected chi connectivity index (χ4v) is 2.16. The molecule has 1 aliphatic rings. The second kappa shape index (κ2) is 6.49. The third-order valence-electron chi connectivity index (χ3n) is 3.18. The summed E-state index contributed by atoms with van der Waals surface area (Å²) in [5, 5.41) is 0. The van der Waals surface area contributed by atoms with Crippen LogP contribution in [-0.2, 0) is 0 Å². The third-order valence-corrected chi connectivity index (χ3v) is 3.18. The standard InChI is InChI=1S/C15H23N/c1-4-8-12(2)13(3)15(11-16)14-9-6-5-7-10-14/h4,8-9H,2,5-7,10-11,16H2,1,3H3/b8-4-,15-13+. The summed E-state index contributed by atoms with van der Waals surface area (Å²) in [6.45, 7) is 8.84. The Bertz CT molecular complexity index is 342. The summed E-state index contributed by atoms with van der Waals surface area (Å²) < 4.78 is 0. The first-order chi connectivity index (χ1) is 7.70. The first-order valence-electron chi connectivity index (χ1n) is 6.12. The molecular weight excluding hydrogens is 194 g/mol. The summed E-state index contributed by atoms with van der Waals surface area (Å²) in [4.78, 5) is 0. The number of rotatable bonds is 4. The van der Waals surface area contributed by atoms with E-state index in [1.165, 1.54) is 42.4 Å². The zero-order chi connectivity index (χ0) is 12.0. The Morgan fingerprint density at radius 2 is 2.25 bits per heavy atom. The van der Waals surface area contributed by atoms with Crippen molar-refractivity contribution in [3.63, 3.8) is 0 Å². The molecule has 0 radical (unpaired) electrons. The number of hydrogen-bond acceptors (Lipinski definition) is 1. The predicted molar refractivity (Wildman–Crippen MR) is 72.3 cm³/mol. The lowest BCUT2D eigenvalue weighted by atomic mass is 9.89. The van der Waals surface area contributed by atoms with Gasteiger partial charge in [-0.3, -0.25) is 0 Å². The van der Waals surface area contributed by atoms with Crippen LogP contribution in [0.5, 0.6) is 0 Å². The fourth-order valence-electron chi connectivity index (χ4n) is 2.16. The van der Waals surface area contributed by atoms with E-state index in [4.69, 9.17) is 5.73 Å². The molecule has 0 saturated carbocycles. The minimum atomic E-state index is 0.619. The van der Waals surface area contributed by atoms with E-state index in [1.807, 2.05) is 19.1 Å². The monoisotopic (exact) mass is 217 g/mol. The Labute approximate surface area is 99.4 Å². The van der Waals surface area contributed by atoms with Gasteiger partial charge >= 0.3 is 0 Å². The lowest BCUT2D eigenvalue weighted by molar-refractivity contribution is 0.702. The summed E-state index contributed by atoms with van der Waals surface area (Å²) in [5.74, 6) is 0. The normalized spacial score (nSPS) is 18.3. The van der Waals surface area contributed by atoms with Crippen molar-refractivity contribution >= 4 is 0 Å². The number of nitrogens with two attached hydrogens (primary N) is 1. The van der Waals surface area contributed by atoms with E-state index in [9.17, 15) is 0 Å². The van der Waals surface area contributed by atoms with E-state index in [0.717, 1.165) is 5.57 Å². The molecule has 0 spiro atoms. The van der Waals surface area contributed by atoms with E-state index < -0.39 is 0 Å². The highest BCUT2D eigenvalue weighted by Gasteiger charge is 2.11. The van der Waals surface area contributed by atoms with Gasteiger partial charge in [0.1, 0.15) is 0 Å². The van der Waals surface area contributed by atoms with E-state index >= 15 is 0 Å². The van der Waals surface area contributed by atoms with Crippen molar-refractivity contribution in [2.45, 2.75) is 39.5 Å². The van der Waals surface area contributed by atoms with Gasteiger partial charge < -0.3 is 5.73 Å². The summed E-state index contributed by atoms with van der Waals surface area (Å²) in [6.07, 6.45) is 11.4. The maximum Gasteiger partial charge on any atom is 0.0183 e. The van der Waals surface area contributed by atoms with Crippen LogP contribution in [0, 0.1) is 0 Å². The van der Waals surface area contributed by atoms with Crippen molar-refractivity contribution < 1.29 is 0 Å². The maximum absolute atomic E-state index is 5.87. The SMILES string of the molecule is C=C(/C=C\C)/C(C)=C(\CN)C1=CCCCC1. The first-order valence-corrected chi connectivity index (χ1v) is 6.12. The van der Waals surface area contributed by atoms with Crippen LogP contribution in [0.25, 0.3) is 0 Å². The quantitative estimate of drug-likeness (QED) is 0.710. The Morgan fingerprint density at radius 3 is 2.75 bits per heavy atom.